The number of nitrogens with two attached hydrogens (primary N) is 2. The van der Waals surface area contributed by atoms with Crippen LogP contribution in [0.1, 0.15) is 5.56 Å². The summed E-state index contributed by atoms with van der Waals surface area (Å²) in [5.41, 5.74) is 11.2. The lowest BCUT2D eigenvalue weighted by Crippen LogP contribution is -2.45. The first-order valence-electron chi connectivity index (χ1n) is 4.48. The van der Waals surface area contributed by atoms with Crippen LogP contribution in [0.15, 0.2) is 24.3 Å². The molecule has 0 aliphatic rings. The van der Waals surface area contributed by atoms with Crippen molar-refractivity contribution >= 4 is 18.3 Å². The van der Waals surface area contributed by atoms with Gasteiger partial charge in [0.1, 0.15) is 11.9 Å². The van der Waals surface area contributed by atoms with Gasteiger partial charge in [-0.1, -0.05) is 12.1 Å². The third-order valence-corrected chi connectivity index (χ3v) is 2.08. The van der Waals surface area contributed by atoms with Gasteiger partial charge in [0.15, 0.2) is 0 Å². The Hall–Kier alpha value is -1.17. The first-order valence-corrected chi connectivity index (χ1v) is 4.48. The summed E-state index contributed by atoms with van der Waals surface area (Å²) in [4.78, 5) is 10.6. The van der Waals surface area contributed by atoms with Crippen LogP contribution in [0, 0.1) is 5.82 Å². The summed E-state index contributed by atoms with van der Waals surface area (Å²) >= 11 is 0. The van der Waals surface area contributed by atoms with Crippen molar-refractivity contribution in [3.63, 3.8) is 0 Å². The minimum Gasteiger partial charge on any atom is -0.382 e. The Morgan fingerprint density at radius 1 is 1.38 bits per heavy atom. The molecule has 0 fully saturated rings. The number of carbonyl (C=O) groups excluding carboxylic acids is 1. The van der Waals surface area contributed by atoms with Crippen molar-refractivity contribution in [2.24, 2.45) is 11.5 Å². The fourth-order valence-corrected chi connectivity index (χ4v) is 1.22. The third-order valence-electron chi connectivity index (χ3n) is 2.08. The molecule has 1 amide bonds. The van der Waals surface area contributed by atoms with Gasteiger partial charge in [0.05, 0.1) is 0 Å². The Bertz CT molecular complexity index is 345. The topological polar surface area (TPSA) is 89.3 Å². The summed E-state index contributed by atoms with van der Waals surface area (Å²) in [6.07, 6.45) is -1.11. The quantitative estimate of drug-likeness (QED) is 0.699. The molecule has 0 saturated heterocycles. The van der Waals surface area contributed by atoms with Crippen molar-refractivity contribution < 1.29 is 14.3 Å². The summed E-state index contributed by atoms with van der Waals surface area (Å²) in [6.45, 7) is 0. The second-order valence-electron chi connectivity index (χ2n) is 3.34. The summed E-state index contributed by atoms with van der Waals surface area (Å²) in [5.74, 6) is -1.20. The van der Waals surface area contributed by atoms with E-state index in [1.807, 2.05) is 0 Å². The van der Waals surface area contributed by atoms with Crippen LogP contribution in [0.4, 0.5) is 4.39 Å². The molecule has 2 atom stereocenters. The average molecular weight is 249 g/mol. The van der Waals surface area contributed by atoms with Gasteiger partial charge in [-0.25, -0.2) is 4.39 Å². The van der Waals surface area contributed by atoms with Crippen molar-refractivity contribution in [2.75, 3.05) is 0 Å². The predicted molar refractivity (Wildman–Crippen MR) is 60.5 cm³/mol. The van der Waals surface area contributed by atoms with Gasteiger partial charge in [0, 0.05) is 6.04 Å². The number of halogens is 2. The van der Waals surface area contributed by atoms with Crippen molar-refractivity contribution in [1.29, 1.82) is 0 Å². The fourth-order valence-electron chi connectivity index (χ4n) is 1.22. The zero-order chi connectivity index (χ0) is 11.4. The van der Waals surface area contributed by atoms with Gasteiger partial charge in [-0.3, -0.25) is 4.79 Å². The van der Waals surface area contributed by atoms with Crippen LogP contribution in [0.3, 0.4) is 0 Å². The van der Waals surface area contributed by atoms with E-state index in [9.17, 15) is 14.3 Å². The van der Waals surface area contributed by atoms with Gasteiger partial charge in [0.2, 0.25) is 5.91 Å². The normalized spacial score (nSPS) is 13.7. The second kappa shape index (κ2) is 6.42. The van der Waals surface area contributed by atoms with Crippen molar-refractivity contribution in [2.45, 2.75) is 18.6 Å². The Labute approximate surface area is 98.8 Å². The number of benzene rings is 1. The largest absolute Gasteiger partial charge is 0.382 e. The molecule has 0 aromatic heterocycles. The first kappa shape index (κ1) is 14.8. The molecule has 1 aromatic carbocycles. The molecule has 6 heteroatoms. The number of amides is 1. The molecule has 0 bridgehead atoms. The van der Waals surface area contributed by atoms with E-state index in [1.165, 1.54) is 12.1 Å². The molecule has 0 aliphatic heterocycles. The highest BCUT2D eigenvalue weighted by Crippen LogP contribution is 2.06. The highest BCUT2D eigenvalue weighted by Gasteiger charge is 2.20. The standard InChI is InChI=1S/C10H13FN2O2.ClH/c11-7-3-1-6(2-4-7)5-8(12)9(14)10(13)15;/h1-4,8-9,14H,5,12H2,(H2,13,15);1H. The average Bonchev–Trinajstić information content (AvgIpc) is 2.20. The number of hydrogen-bond donors (Lipinski definition) is 3. The number of aliphatic hydroxyl groups excluding tert-OH is 1. The lowest BCUT2D eigenvalue weighted by atomic mass is 10.0. The molecular weight excluding hydrogens is 235 g/mol. The van der Waals surface area contributed by atoms with E-state index in [4.69, 9.17) is 11.5 Å². The Morgan fingerprint density at radius 3 is 2.31 bits per heavy atom. The van der Waals surface area contributed by atoms with Gasteiger partial charge in [-0.05, 0) is 24.1 Å². The van der Waals surface area contributed by atoms with E-state index in [0.717, 1.165) is 5.56 Å². The van der Waals surface area contributed by atoms with E-state index in [2.05, 4.69) is 0 Å². The van der Waals surface area contributed by atoms with Crippen LogP contribution >= 0.6 is 12.4 Å². The van der Waals surface area contributed by atoms with Crippen LogP contribution in [0.25, 0.3) is 0 Å². The molecule has 16 heavy (non-hydrogen) atoms. The molecule has 0 aliphatic carbocycles. The minimum atomic E-state index is -1.38. The van der Waals surface area contributed by atoms with E-state index >= 15 is 0 Å². The second-order valence-corrected chi connectivity index (χ2v) is 3.34. The minimum absolute atomic E-state index is 0. The number of primary amides is 1. The maximum absolute atomic E-state index is 12.6. The number of aliphatic hydroxyl groups is 1. The van der Waals surface area contributed by atoms with Crippen molar-refractivity contribution in [1.82, 2.24) is 0 Å². The summed E-state index contributed by atoms with van der Waals surface area (Å²) < 4.78 is 12.6. The Kier molecular flexibility index (Phi) is 5.95. The van der Waals surface area contributed by atoms with Gasteiger partial charge < -0.3 is 16.6 Å². The molecule has 0 radical (unpaired) electrons. The van der Waals surface area contributed by atoms with E-state index in [1.54, 1.807) is 12.1 Å². The van der Waals surface area contributed by atoms with Crippen LogP contribution in [-0.4, -0.2) is 23.2 Å². The predicted octanol–water partition coefficient (Wildman–Crippen LogP) is -0.0365. The summed E-state index contributed by atoms with van der Waals surface area (Å²) in [7, 11) is 0. The monoisotopic (exact) mass is 248 g/mol. The molecule has 4 nitrogen and oxygen atoms in total. The van der Waals surface area contributed by atoms with Crippen LogP contribution in [-0.2, 0) is 11.2 Å². The fraction of sp³-hybridized carbons (Fsp3) is 0.300. The van der Waals surface area contributed by atoms with Crippen LogP contribution in [0.5, 0.6) is 0 Å². The van der Waals surface area contributed by atoms with Crippen molar-refractivity contribution in [3.05, 3.63) is 35.6 Å². The molecule has 0 heterocycles. The molecule has 5 N–H and O–H groups in total. The molecule has 0 spiro atoms. The van der Waals surface area contributed by atoms with E-state index in [-0.39, 0.29) is 24.6 Å². The first-order chi connectivity index (χ1) is 7.00. The smallest absolute Gasteiger partial charge is 0.247 e. The SMILES string of the molecule is Cl.NC(=O)C(O)C(N)Cc1ccc(F)cc1. The summed E-state index contributed by atoms with van der Waals surface area (Å²) in [6, 6.07) is 4.90. The zero-order valence-corrected chi connectivity index (χ0v) is 9.28. The molecule has 1 aromatic rings. The van der Waals surface area contributed by atoms with Gasteiger partial charge in [0.25, 0.3) is 0 Å². The molecule has 2 unspecified atom stereocenters. The highest BCUT2D eigenvalue weighted by atomic mass is 35.5. The lowest BCUT2D eigenvalue weighted by Gasteiger charge is -2.15. The van der Waals surface area contributed by atoms with Gasteiger partial charge in [-0.15, -0.1) is 12.4 Å². The number of carbonyl (C=O) groups is 1. The van der Waals surface area contributed by atoms with Gasteiger partial charge >= 0.3 is 0 Å². The maximum Gasteiger partial charge on any atom is 0.247 e. The highest BCUT2D eigenvalue weighted by molar-refractivity contribution is 5.85. The van der Waals surface area contributed by atoms with Crippen LogP contribution < -0.4 is 11.5 Å². The molecular formula is C10H14ClFN2O2. The van der Waals surface area contributed by atoms with Gasteiger partial charge in [-0.2, -0.15) is 0 Å². The number of rotatable bonds is 4. The molecule has 0 saturated carbocycles. The molecule has 1 rings (SSSR count). The van der Waals surface area contributed by atoms with E-state index < -0.39 is 18.1 Å². The Morgan fingerprint density at radius 2 is 1.88 bits per heavy atom. The summed E-state index contributed by atoms with van der Waals surface area (Å²) in [5, 5.41) is 9.24. The lowest BCUT2D eigenvalue weighted by molar-refractivity contribution is -0.126. The van der Waals surface area contributed by atoms with Crippen molar-refractivity contribution in [3.8, 4) is 0 Å². The Balaban J connectivity index is 0.00000225. The zero-order valence-electron chi connectivity index (χ0n) is 8.47. The molecule has 90 valence electrons. The van der Waals surface area contributed by atoms with E-state index in [0.29, 0.717) is 0 Å². The van der Waals surface area contributed by atoms with Crippen LogP contribution in [0.2, 0.25) is 0 Å². The maximum atomic E-state index is 12.6. The number of hydrogen-bond acceptors (Lipinski definition) is 3. The third kappa shape index (κ3) is 4.14.